The van der Waals surface area contributed by atoms with Crippen LogP contribution in [0.2, 0.25) is 0 Å². The highest BCUT2D eigenvalue weighted by molar-refractivity contribution is 7.21. The number of pyridine rings is 1. The van der Waals surface area contributed by atoms with Crippen molar-refractivity contribution in [3.8, 4) is 0 Å². The number of fused-ring (bicyclic) bond motifs is 1. The summed E-state index contributed by atoms with van der Waals surface area (Å²) in [4.78, 5) is 20.1. The molecule has 0 aromatic carbocycles. The maximum absolute atomic E-state index is 5.77. The molecule has 1 aliphatic heterocycles. The molecule has 1 saturated heterocycles. The minimum atomic E-state index is 0.198. The SMILES string of the molecule is Nc1nc2nc(C3CCCCN3c3ncccn3)ccc2s1. The lowest BCUT2D eigenvalue weighted by Gasteiger charge is -2.35. The average molecular weight is 312 g/mol. The Morgan fingerprint density at radius 3 is 2.86 bits per heavy atom. The molecule has 2 N–H and O–H groups in total. The van der Waals surface area contributed by atoms with Gasteiger partial charge in [-0.3, -0.25) is 0 Å². The van der Waals surface area contributed by atoms with Crippen LogP contribution in [0, 0.1) is 0 Å². The minimum absolute atomic E-state index is 0.198. The van der Waals surface area contributed by atoms with Gasteiger partial charge >= 0.3 is 0 Å². The number of hydrogen-bond acceptors (Lipinski definition) is 7. The van der Waals surface area contributed by atoms with Crippen molar-refractivity contribution < 1.29 is 0 Å². The molecule has 3 aromatic heterocycles. The number of aromatic nitrogens is 4. The van der Waals surface area contributed by atoms with Crippen LogP contribution in [0.25, 0.3) is 10.3 Å². The zero-order chi connectivity index (χ0) is 14.9. The van der Waals surface area contributed by atoms with E-state index in [2.05, 4.69) is 32.0 Å². The molecule has 0 spiro atoms. The lowest BCUT2D eigenvalue weighted by Crippen LogP contribution is -2.35. The van der Waals surface area contributed by atoms with E-state index in [0.717, 1.165) is 41.4 Å². The van der Waals surface area contributed by atoms with Crippen LogP contribution in [0.15, 0.2) is 30.6 Å². The highest BCUT2D eigenvalue weighted by atomic mass is 32.1. The molecule has 6 nitrogen and oxygen atoms in total. The Bertz CT molecular complexity index is 787. The van der Waals surface area contributed by atoms with Gasteiger partial charge in [-0.15, -0.1) is 0 Å². The van der Waals surface area contributed by atoms with Crippen LogP contribution >= 0.6 is 11.3 Å². The normalized spacial score (nSPS) is 18.7. The van der Waals surface area contributed by atoms with E-state index in [0.29, 0.717) is 5.13 Å². The fourth-order valence-corrected chi connectivity index (χ4v) is 3.63. The fraction of sp³-hybridized carbons (Fsp3) is 0.333. The van der Waals surface area contributed by atoms with Crippen LogP contribution < -0.4 is 10.6 Å². The smallest absolute Gasteiger partial charge is 0.225 e. The quantitative estimate of drug-likeness (QED) is 0.783. The summed E-state index contributed by atoms with van der Waals surface area (Å²) in [6.07, 6.45) is 6.96. The van der Waals surface area contributed by atoms with Gasteiger partial charge in [-0.25, -0.2) is 19.9 Å². The third kappa shape index (κ3) is 2.37. The van der Waals surface area contributed by atoms with Crippen LogP contribution in [0.3, 0.4) is 0 Å². The van der Waals surface area contributed by atoms with E-state index in [4.69, 9.17) is 10.7 Å². The first-order chi connectivity index (χ1) is 10.8. The van der Waals surface area contributed by atoms with E-state index in [-0.39, 0.29) is 6.04 Å². The summed E-state index contributed by atoms with van der Waals surface area (Å²) >= 11 is 1.47. The molecule has 112 valence electrons. The Hall–Kier alpha value is -2.28. The monoisotopic (exact) mass is 312 g/mol. The topological polar surface area (TPSA) is 80.8 Å². The second-order valence-corrected chi connectivity index (χ2v) is 6.43. The first-order valence-electron chi connectivity index (χ1n) is 7.38. The van der Waals surface area contributed by atoms with Crippen molar-refractivity contribution in [1.82, 2.24) is 19.9 Å². The molecule has 0 aliphatic carbocycles. The molecule has 4 rings (SSSR count). The Morgan fingerprint density at radius 1 is 1.14 bits per heavy atom. The molecular weight excluding hydrogens is 296 g/mol. The van der Waals surface area contributed by atoms with Crippen molar-refractivity contribution >= 4 is 32.8 Å². The molecule has 22 heavy (non-hydrogen) atoms. The first kappa shape index (κ1) is 13.4. The molecule has 1 unspecified atom stereocenters. The summed E-state index contributed by atoms with van der Waals surface area (Å²) in [6, 6.07) is 6.17. The zero-order valence-corrected chi connectivity index (χ0v) is 12.8. The number of piperidine rings is 1. The molecule has 1 fully saturated rings. The number of nitrogen functional groups attached to an aromatic ring is 1. The zero-order valence-electron chi connectivity index (χ0n) is 12.0. The van der Waals surface area contributed by atoms with Gasteiger partial charge in [0.1, 0.15) is 0 Å². The van der Waals surface area contributed by atoms with E-state index in [1.165, 1.54) is 17.8 Å². The third-order valence-electron chi connectivity index (χ3n) is 3.94. The molecule has 7 heteroatoms. The maximum atomic E-state index is 5.77. The van der Waals surface area contributed by atoms with Gasteiger partial charge in [-0.1, -0.05) is 11.3 Å². The third-order valence-corrected chi connectivity index (χ3v) is 4.78. The molecule has 0 saturated carbocycles. The molecule has 0 amide bonds. The summed E-state index contributed by atoms with van der Waals surface area (Å²) in [5, 5.41) is 0.562. The molecule has 1 atom stereocenters. The summed E-state index contributed by atoms with van der Waals surface area (Å²) in [5.74, 6) is 0.770. The van der Waals surface area contributed by atoms with Gasteiger partial charge in [0.05, 0.1) is 16.4 Å². The minimum Gasteiger partial charge on any atom is -0.375 e. The van der Waals surface area contributed by atoms with E-state index < -0.39 is 0 Å². The Morgan fingerprint density at radius 2 is 2.00 bits per heavy atom. The predicted octanol–water partition coefficient (Wildman–Crippen LogP) is 2.80. The molecule has 3 aromatic rings. The lowest BCUT2D eigenvalue weighted by atomic mass is 9.99. The summed E-state index contributed by atoms with van der Waals surface area (Å²) in [7, 11) is 0. The van der Waals surface area contributed by atoms with Crippen molar-refractivity contribution in [3.05, 3.63) is 36.3 Å². The van der Waals surface area contributed by atoms with Gasteiger partial charge < -0.3 is 10.6 Å². The van der Waals surface area contributed by atoms with Crippen LogP contribution in [0.5, 0.6) is 0 Å². The first-order valence-corrected chi connectivity index (χ1v) is 8.19. The van der Waals surface area contributed by atoms with Crippen molar-refractivity contribution in [1.29, 1.82) is 0 Å². The number of rotatable bonds is 2. The number of anilines is 2. The van der Waals surface area contributed by atoms with Crippen molar-refractivity contribution in [3.63, 3.8) is 0 Å². The molecule has 4 heterocycles. The fourth-order valence-electron chi connectivity index (χ4n) is 2.95. The highest BCUT2D eigenvalue weighted by Gasteiger charge is 2.27. The van der Waals surface area contributed by atoms with Gasteiger partial charge in [0.25, 0.3) is 0 Å². The van der Waals surface area contributed by atoms with E-state index in [1.807, 2.05) is 6.07 Å². The molecule has 0 bridgehead atoms. The molecule has 1 aliphatic rings. The van der Waals surface area contributed by atoms with E-state index >= 15 is 0 Å². The summed E-state index contributed by atoms with van der Waals surface area (Å²) < 4.78 is 1.03. The van der Waals surface area contributed by atoms with Crippen molar-refractivity contribution in [2.45, 2.75) is 25.3 Å². The standard InChI is InChI=1S/C15H16N6S/c16-14-20-13-12(22-14)6-5-10(19-13)11-4-1-2-9-21(11)15-17-7-3-8-18-15/h3,5-8,11H,1-2,4,9H2,(H2,16,19,20). The van der Waals surface area contributed by atoms with Crippen LogP contribution in [0.1, 0.15) is 31.0 Å². The number of nitrogens with zero attached hydrogens (tertiary/aromatic N) is 5. The number of nitrogens with two attached hydrogens (primary N) is 1. The Kier molecular flexibility index (Phi) is 3.34. The van der Waals surface area contributed by atoms with Crippen molar-refractivity contribution in [2.24, 2.45) is 0 Å². The van der Waals surface area contributed by atoms with Gasteiger partial charge in [0, 0.05) is 18.9 Å². The Balaban J connectivity index is 1.73. The summed E-state index contributed by atoms with van der Waals surface area (Å²) in [6.45, 7) is 0.952. The van der Waals surface area contributed by atoms with Crippen LogP contribution in [0.4, 0.5) is 11.1 Å². The highest BCUT2D eigenvalue weighted by Crippen LogP contribution is 2.33. The number of hydrogen-bond donors (Lipinski definition) is 1. The van der Waals surface area contributed by atoms with Gasteiger partial charge in [0.15, 0.2) is 10.8 Å². The van der Waals surface area contributed by atoms with Crippen LogP contribution in [-0.2, 0) is 0 Å². The lowest BCUT2D eigenvalue weighted by molar-refractivity contribution is 0.458. The predicted molar refractivity (Wildman–Crippen MR) is 87.8 cm³/mol. The van der Waals surface area contributed by atoms with Crippen LogP contribution in [-0.4, -0.2) is 26.5 Å². The van der Waals surface area contributed by atoms with Gasteiger partial charge in [-0.05, 0) is 37.5 Å². The van der Waals surface area contributed by atoms with E-state index in [1.54, 1.807) is 12.4 Å². The average Bonchev–Trinajstić information content (AvgIpc) is 2.95. The molecular formula is C15H16N6S. The largest absolute Gasteiger partial charge is 0.375 e. The van der Waals surface area contributed by atoms with Crippen molar-refractivity contribution in [2.75, 3.05) is 17.2 Å². The van der Waals surface area contributed by atoms with Gasteiger partial charge in [-0.2, -0.15) is 0 Å². The maximum Gasteiger partial charge on any atom is 0.225 e. The second-order valence-electron chi connectivity index (χ2n) is 5.36. The second kappa shape index (κ2) is 5.49. The molecule has 0 radical (unpaired) electrons. The van der Waals surface area contributed by atoms with Gasteiger partial charge in [0.2, 0.25) is 5.95 Å². The number of thiazole rings is 1. The summed E-state index contributed by atoms with van der Waals surface area (Å²) in [5.41, 5.74) is 7.53. The van der Waals surface area contributed by atoms with E-state index in [9.17, 15) is 0 Å². The Labute approximate surface area is 132 Å².